The van der Waals surface area contributed by atoms with Crippen LogP contribution in [0.1, 0.15) is 11.4 Å². The van der Waals surface area contributed by atoms with E-state index >= 15 is 0 Å². The first-order valence-corrected chi connectivity index (χ1v) is 7.95. The van der Waals surface area contributed by atoms with Gasteiger partial charge in [0.2, 0.25) is 5.88 Å². The van der Waals surface area contributed by atoms with Gasteiger partial charge >= 0.3 is 0 Å². The molecule has 0 saturated heterocycles. The van der Waals surface area contributed by atoms with E-state index in [2.05, 4.69) is 25.1 Å². The van der Waals surface area contributed by atoms with Gasteiger partial charge in [-0.3, -0.25) is 4.90 Å². The molecule has 0 unspecified atom stereocenters. The number of aromatic nitrogens is 6. The molecule has 1 aliphatic rings. The lowest BCUT2D eigenvalue weighted by molar-refractivity contribution is 0.240. The van der Waals surface area contributed by atoms with Crippen molar-refractivity contribution < 1.29 is 4.74 Å². The van der Waals surface area contributed by atoms with Crippen LogP contribution in [0, 0.1) is 0 Å². The smallest absolute Gasteiger partial charge is 0.212 e. The first-order chi connectivity index (χ1) is 11.8. The molecule has 3 aromatic rings. The minimum Gasteiger partial charge on any atom is -0.481 e. The number of nitrogens with one attached hydrogen (secondary N) is 1. The van der Waals surface area contributed by atoms with E-state index in [0.717, 1.165) is 49.7 Å². The number of methoxy groups -OCH3 is 1. The Labute approximate surface area is 139 Å². The van der Waals surface area contributed by atoms with Crippen LogP contribution in [0.4, 0.5) is 0 Å². The second kappa shape index (κ2) is 6.40. The zero-order valence-corrected chi connectivity index (χ0v) is 13.5. The zero-order chi connectivity index (χ0) is 16.4. The van der Waals surface area contributed by atoms with Gasteiger partial charge in [-0.05, 0) is 6.07 Å². The van der Waals surface area contributed by atoms with Crippen LogP contribution in [0.5, 0.6) is 5.88 Å². The SMILES string of the molecule is COc1ccc(-c2nc3c([nH]2)CN(CCn2cnnc2)CC3)cn1. The fraction of sp³-hybridized carbons (Fsp3) is 0.375. The third kappa shape index (κ3) is 3.00. The van der Waals surface area contributed by atoms with E-state index in [9.17, 15) is 0 Å². The lowest BCUT2D eigenvalue weighted by Gasteiger charge is -2.25. The van der Waals surface area contributed by atoms with Gasteiger partial charge in [0.05, 0.1) is 18.5 Å². The summed E-state index contributed by atoms with van der Waals surface area (Å²) in [5, 5.41) is 7.67. The number of imidazole rings is 1. The number of pyridine rings is 1. The molecule has 0 atom stereocenters. The predicted octanol–water partition coefficient (Wildman–Crippen LogP) is 1.13. The quantitative estimate of drug-likeness (QED) is 0.757. The Hall–Kier alpha value is -2.74. The zero-order valence-electron chi connectivity index (χ0n) is 13.5. The van der Waals surface area contributed by atoms with E-state index in [1.54, 1.807) is 26.0 Å². The molecule has 0 bridgehead atoms. The number of ether oxygens (including phenoxy) is 1. The van der Waals surface area contributed by atoms with Crippen molar-refractivity contribution in [2.45, 2.75) is 19.5 Å². The van der Waals surface area contributed by atoms with Gasteiger partial charge in [0.25, 0.3) is 0 Å². The summed E-state index contributed by atoms with van der Waals surface area (Å²) < 4.78 is 7.10. The molecular weight excluding hydrogens is 306 g/mol. The van der Waals surface area contributed by atoms with E-state index in [4.69, 9.17) is 9.72 Å². The summed E-state index contributed by atoms with van der Waals surface area (Å²) in [5.74, 6) is 1.48. The molecule has 24 heavy (non-hydrogen) atoms. The van der Waals surface area contributed by atoms with Gasteiger partial charge in [0.15, 0.2) is 0 Å². The Morgan fingerprint density at radius 2 is 2.08 bits per heavy atom. The molecule has 4 heterocycles. The Bertz CT molecular complexity index is 794. The lowest BCUT2D eigenvalue weighted by Crippen LogP contribution is -2.33. The molecule has 0 radical (unpaired) electrons. The van der Waals surface area contributed by atoms with Crippen molar-refractivity contribution in [3.05, 3.63) is 42.4 Å². The molecule has 3 aromatic heterocycles. The highest BCUT2D eigenvalue weighted by Crippen LogP contribution is 2.23. The normalized spacial score (nSPS) is 14.5. The van der Waals surface area contributed by atoms with Gasteiger partial charge in [-0.2, -0.15) is 0 Å². The number of hydrogen-bond donors (Lipinski definition) is 1. The van der Waals surface area contributed by atoms with Crippen LogP contribution in [0.3, 0.4) is 0 Å². The Morgan fingerprint density at radius 3 is 2.83 bits per heavy atom. The van der Waals surface area contributed by atoms with Crippen molar-refractivity contribution in [1.29, 1.82) is 0 Å². The summed E-state index contributed by atoms with van der Waals surface area (Å²) >= 11 is 0. The van der Waals surface area contributed by atoms with Crippen LogP contribution in [-0.4, -0.2) is 54.8 Å². The Balaban J connectivity index is 1.45. The molecule has 1 aliphatic heterocycles. The van der Waals surface area contributed by atoms with E-state index in [-0.39, 0.29) is 0 Å². The molecule has 124 valence electrons. The molecule has 0 fully saturated rings. The van der Waals surface area contributed by atoms with Gasteiger partial charge < -0.3 is 14.3 Å². The highest BCUT2D eigenvalue weighted by Gasteiger charge is 2.20. The van der Waals surface area contributed by atoms with Gasteiger partial charge in [-0.25, -0.2) is 9.97 Å². The number of hydrogen-bond acceptors (Lipinski definition) is 6. The lowest BCUT2D eigenvalue weighted by atomic mass is 10.1. The molecule has 1 N–H and O–H groups in total. The van der Waals surface area contributed by atoms with Crippen LogP contribution in [0.25, 0.3) is 11.4 Å². The van der Waals surface area contributed by atoms with E-state index in [1.165, 1.54) is 5.69 Å². The van der Waals surface area contributed by atoms with E-state index < -0.39 is 0 Å². The molecule has 0 spiro atoms. The summed E-state index contributed by atoms with van der Waals surface area (Å²) in [6, 6.07) is 3.82. The van der Waals surface area contributed by atoms with Crippen LogP contribution in [-0.2, 0) is 19.5 Å². The molecule has 8 heteroatoms. The number of aromatic amines is 1. The van der Waals surface area contributed by atoms with Crippen LogP contribution in [0.15, 0.2) is 31.0 Å². The average molecular weight is 325 g/mol. The van der Waals surface area contributed by atoms with Gasteiger partial charge in [0, 0.05) is 50.4 Å². The minimum atomic E-state index is 0.607. The highest BCUT2D eigenvalue weighted by molar-refractivity contribution is 5.55. The highest BCUT2D eigenvalue weighted by atomic mass is 16.5. The fourth-order valence-electron chi connectivity index (χ4n) is 2.91. The number of fused-ring (bicyclic) bond motifs is 1. The third-order valence-electron chi connectivity index (χ3n) is 4.27. The van der Waals surface area contributed by atoms with E-state index in [0.29, 0.717) is 5.88 Å². The first-order valence-electron chi connectivity index (χ1n) is 7.95. The van der Waals surface area contributed by atoms with E-state index in [1.807, 2.05) is 16.7 Å². The monoisotopic (exact) mass is 325 g/mol. The minimum absolute atomic E-state index is 0.607. The second-order valence-corrected chi connectivity index (χ2v) is 5.83. The maximum atomic E-state index is 5.10. The molecule has 0 aliphatic carbocycles. The molecule has 0 aromatic carbocycles. The molecule has 0 amide bonds. The van der Waals surface area contributed by atoms with Crippen LogP contribution in [0.2, 0.25) is 0 Å². The van der Waals surface area contributed by atoms with Crippen molar-refractivity contribution in [3.63, 3.8) is 0 Å². The van der Waals surface area contributed by atoms with Gasteiger partial charge in [-0.1, -0.05) is 0 Å². The second-order valence-electron chi connectivity index (χ2n) is 5.83. The predicted molar refractivity (Wildman–Crippen MR) is 87.4 cm³/mol. The topological polar surface area (TPSA) is 84.8 Å². The van der Waals surface area contributed by atoms with Crippen molar-refractivity contribution in [2.24, 2.45) is 0 Å². The van der Waals surface area contributed by atoms with Crippen molar-refractivity contribution in [1.82, 2.24) is 34.6 Å². The summed E-state index contributed by atoms with van der Waals surface area (Å²) in [5.41, 5.74) is 3.32. The molecule has 0 saturated carbocycles. The standard InChI is InChI=1S/C16H19N7O/c1-24-15-3-2-12(8-17-15)16-20-13-4-5-22(9-14(13)21-16)6-7-23-10-18-19-11-23/h2-3,8,10-11H,4-7,9H2,1H3,(H,20,21). The fourth-order valence-corrected chi connectivity index (χ4v) is 2.91. The van der Waals surface area contributed by atoms with Crippen molar-refractivity contribution >= 4 is 0 Å². The van der Waals surface area contributed by atoms with Crippen molar-refractivity contribution in [3.8, 4) is 17.3 Å². The van der Waals surface area contributed by atoms with Crippen molar-refractivity contribution in [2.75, 3.05) is 20.2 Å². The van der Waals surface area contributed by atoms with Crippen LogP contribution < -0.4 is 4.74 Å². The van der Waals surface area contributed by atoms with Gasteiger partial charge in [-0.15, -0.1) is 10.2 Å². The molecule has 8 nitrogen and oxygen atoms in total. The summed E-state index contributed by atoms with van der Waals surface area (Å²) in [7, 11) is 1.61. The Kier molecular flexibility index (Phi) is 3.96. The number of rotatable bonds is 5. The van der Waals surface area contributed by atoms with Crippen LogP contribution >= 0.6 is 0 Å². The number of nitrogens with zero attached hydrogens (tertiary/aromatic N) is 6. The average Bonchev–Trinajstić information content (AvgIpc) is 3.29. The summed E-state index contributed by atoms with van der Waals surface area (Å²) in [4.78, 5) is 14.8. The molecule has 4 rings (SSSR count). The number of H-pyrrole nitrogens is 1. The summed E-state index contributed by atoms with van der Waals surface area (Å²) in [6.45, 7) is 3.76. The third-order valence-corrected chi connectivity index (χ3v) is 4.27. The largest absolute Gasteiger partial charge is 0.481 e. The van der Waals surface area contributed by atoms with Gasteiger partial charge in [0.1, 0.15) is 18.5 Å². The molecular formula is C16H19N7O. The maximum Gasteiger partial charge on any atom is 0.212 e. The maximum absolute atomic E-state index is 5.10. The summed E-state index contributed by atoms with van der Waals surface area (Å²) in [6.07, 6.45) is 6.24. The first kappa shape index (κ1) is 14.8. The Morgan fingerprint density at radius 1 is 1.21 bits per heavy atom.